The summed E-state index contributed by atoms with van der Waals surface area (Å²) in [5, 5.41) is 10.7. The van der Waals surface area contributed by atoms with Crippen LogP contribution in [0.2, 0.25) is 0 Å². The van der Waals surface area contributed by atoms with Gasteiger partial charge in [-0.2, -0.15) is 0 Å². The third-order valence-electron chi connectivity index (χ3n) is 12.0. The van der Waals surface area contributed by atoms with E-state index in [1.165, 1.54) is 23.3 Å². The number of rotatable bonds is 8. The van der Waals surface area contributed by atoms with Crippen LogP contribution in [0.3, 0.4) is 0 Å². The summed E-state index contributed by atoms with van der Waals surface area (Å²) in [6.45, 7) is 15.1. The van der Waals surface area contributed by atoms with Crippen LogP contribution in [-0.4, -0.2) is 30.6 Å². The molecule has 68 heavy (non-hydrogen) atoms. The van der Waals surface area contributed by atoms with E-state index in [1.807, 2.05) is 66.9 Å². The molecule has 343 valence electrons. The molecule has 0 saturated carbocycles. The van der Waals surface area contributed by atoms with Crippen molar-refractivity contribution in [3.05, 3.63) is 192 Å². The van der Waals surface area contributed by atoms with Gasteiger partial charge in [-0.05, 0) is 74.5 Å². The zero-order chi connectivity index (χ0) is 47.1. The second kappa shape index (κ2) is 19.2. The van der Waals surface area contributed by atoms with Crippen molar-refractivity contribution in [3.8, 4) is 50.6 Å². The van der Waals surface area contributed by atoms with Crippen LogP contribution in [0.25, 0.3) is 83.7 Å². The molecule has 0 bridgehead atoms. The van der Waals surface area contributed by atoms with Crippen LogP contribution >= 0.6 is 0 Å². The second-order valence-corrected chi connectivity index (χ2v) is 18.3. The van der Waals surface area contributed by atoms with Crippen LogP contribution in [-0.2, 0) is 25.5 Å². The Morgan fingerprint density at radius 1 is 0.706 bits per heavy atom. The standard InChI is InChI=1S/C42H33FN3O.C16H15FNO2.Ir/c1-25(2)30-15-10-16-31(26(3)4)39(30)46-41(45-37-22-29(24-44-42(37)46)27-12-6-5-7-13-27)35-18-11-17-34-33-21-20-28(23-38(33)47-40(34)35)32-14-8-9-19-36(32)43;1-16(2,3)11-5-7-14(18-9-11)12-6-4-10(15(19)20)8-13(12)17;/h5-17,19-26H,1-4H3;4-5,7-9H,1-3H3,(H,19,20);/q2*-1;. The van der Waals surface area contributed by atoms with Crippen LogP contribution in [0, 0.1) is 23.8 Å². The number of carboxylic acids is 1. The molecule has 0 atom stereocenters. The Labute approximate surface area is 407 Å². The predicted molar refractivity (Wildman–Crippen MR) is 264 cm³/mol. The van der Waals surface area contributed by atoms with Crippen LogP contribution in [0.4, 0.5) is 8.78 Å². The summed E-state index contributed by atoms with van der Waals surface area (Å²) in [7, 11) is 0. The molecule has 0 fully saturated rings. The van der Waals surface area contributed by atoms with Crippen molar-refractivity contribution in [2.45, 2.75) is 65.7 Å². The number of hydrogen-bond acceptors (Lipinski definition) is 5. The average molecular weight is 1080 g/mol. The van der Waals surface area contributed by atoms with E-state index in [4.69, 9.17) is 19.5 Å². The fourth-order valence-corrected chi connectivity index (χ4v) is 8.45. The quantitative estimate of drug-likeness (QED) is 0.152. The maximum absolute atomic E-state index is 14.7. The minimum absolute atomic E-state index is 0. The molecule has 0 aliphatic heterocycles. The van der Waals surface area contributed by atoms with Crippen molar-refractivity contribution in [3.63, 3.8) is 0 Å². The molecule has 7 nitrogen and oxygen atoms in total. The van der Waals surface area contributed by atoms with Gasteiger partial charge < -0.3 is 19.1 Å². The van der Waals surface area contributed by atoms with Crippen LogP contribution < -0.4 is 0 Å². The molecule has 0 unspecified atom stereocenters. The Morgan fingerprint density at radius 3 is 2.07 bits per heavy atom. The average Bonchev–Trinajstić information content (AvgIpc) is 3.89. The summed E-state index contributed by atoms with van der Waals surface area (Å²) < 4.78 is 37.5. The number of benzene rings is 6. The van der Waals surface area contributed by atoms with E-state index in [2.05, 4.69) is 107 Å². The van der Waals surface area contributed by atoms with E-state index in [9.17, 15) is 13.6 Å². The first kappa shape index (κ1) is 47.4. The van der Waals surface area contributed by atoms with Crippen LogP contribution in [0.1, 0.15) is 87.4 Å². The zero-order valence-corrected chi connectivity index (χ0v) is 41.0. The summed E-state index contributed by atoms with van der Waals surface area (Å²) in [6, 6.07) is 47.5. The third kappa shape index (κ3) is 9.14. The van der Waals surface area contributed by atoms with Gasteiger partial charge in [0.15, 0.2) is 5.65 Å². The SMILES string of the molecule is CC(C)(C)c1ccc(-c2[c-]cc(C(=O)O)cc2F)nc1.CC(C)c1cccc(C(C)C)c1-n1c(-c2[c-]ccc3c2oc2cc(-c4ccccc4F)ccc23)nc2cc(-c3ccccc3)cnc21.[Ir]. The van der Waals surface area contributed by atoms with Crippen molar-refractivity contribution >= 4 is 39.1 Å². The van der Waals surface area contributed by atoms with E-state index >= 15 is 0 Å². The molecule has 10 aromatic rings. The van der Waals surface area contributed by atoms with E-state index in [-0.39, 0.29) is 54.3 Å². The normalized spacial score (nSPS) is 11.6. The maximum atomic E-state index is 14.7. The molecule has 4 aromatic heterocycles. The minimum atomic E-state index is -1.18. The minimum Gasteiger partial charge on any atom is -0.501 e. The molecule has 10 heteroatoms. The predicted octanol–water partition coefficient (Wildman–Crippen LogP) is 15.2. The van der Waals surface area contributed by atoms with Crippen LogP contribution in [0.5, 0.6) is 0 Å². The topological polar surface area (TPSA) is 94.0 Å². The molecule has 10 rings (SSSR count). The summed E-state index contributed by atoms with van der Waals surface area (Å²) >= 11 is 0. The number of hydrogen-bond donors (Lipinski definition) is 1. The molecule has 1 N–H and O–H groups in total. The fraction of sp³-hybridized carbons (Fsp3) is 0.172. The van der Waals surface area contributed by atoms with Crippen molar-refractivity contribution in [2.75, 3.05) is 0 Å². The molecular formula is C58H48F2IrN4O3-2. The Hall–Kier alpha value is -7.13. The number of aromatic carboxylic acids is 1. The fourth-order valence-electron chi connectivity index (χ4n) is 8.45. The Morgan fingerprint density at radius 2 is 1.43 bits per heavy atom. The summed E-state index contributed by atoms with van der Waals surface area (Å²) in [5.41, 5.74) is 12.1. The zero-order valence-electron chi connectivity index (χ0n) is 38.7. The number of pyridine rings is 2. The molecule has 4 heterocycles. The van der Waals surface area contributed by atoms with Gasteiger partial charge in [-0.15, -0.1) is 30.3 Å². The van der Waals surface area contributed by atoms with E-state index in [0.29, 0.717) is 28.2 Å². The number of carbonyl (C=O) groups is 1. The smallest absolute Gasteiger partial charge is 0.292 e. The van der Waals surface area contributed by atoms with Gasteiger partial charge in [0, 0.05) is 60.5 Å². The number of aromatic nitrogens is 4. The van der Waals surface area contributed by atoms with Crippen molar-refractivity contribution in [1.82, 2.24) is 19.5 Å². The van der Waals surface area contributed by atoms with Crippen LogP contribution in [0.15, 0.2) is 150 Å². The molecule has 6 aromatic carbocycles. The Balaban J connectivity index is 0.000000251. The first-order chi connectivity index (χ1) is 32.2. The summed E-state index contributed by atoms with van der Waals surface area (Å²) in [6.07, 6.45) is 3.64. The molecule has 0 aliphatic carbocycles. The number of carboxylic acid groups (broad SMARTS) is 1. The van der Waals surface area contributed by atoms with Gasteiger partial charge in [0.05, 0.1) is 16.9 Å². The van der Waals surface area contributed by atoms with E-state index in [1.54, 1.807) is 24.4 Å². The van der Waals surface area contributed by atoms with Gasteiger partial charge >= 0.3 is 0 Å². The van der Waals surface area contributed by atoms with E-state index in [0.717, 1.165) is 61.5 Å². The van der Waals surface area contributed by atoms with Crippen molar-refractivity contribution in [2.24, 2.45) is 0 Å². The second-order valence-electron chi connectivity index (χ2n) is 18.3. The van der Waals surface area contributed by atoms with Gasteiger partial charge in [-0.1, -0.05) is 162 Å². The van der Waals surface area contributed by atoms with Gasteiger partial charge in [-0.25, -0.2) is 9.37 Å². The molecule has 1 radical (unpaired) electrons. The summed E-state index contributed by atoms with van der Waals surface area (Å²) in [4.78, 5) is 25.4. The molecule has 0 spiro atoms. The number of nitrogens with zero attached hydrogens (tertiary/aromatic N) is 4. The number of para-hydroxylation sites is 1. The van der Waals surface area contributed by atoms with Crippen molar-refractivity contribution in [1.29, 1.82) is 0 Å². The number of halogens is 2. The monoisotopic (exact) mass is 1080 g/mol. The van der Waals surface area contributed by atoms with Gasteiger partial charge in [0.25, 0.3) is 5.97 Å². The van der Waals surface area contributed by atoms with E-state index < -0.39 is 11.8 Å². The maximum Gasteiger partial charge on any atom is 0.292 e. The van der Waals surface area contributed by atoms with Crippen molar-refractivity contribution < 1.29 is 43.2 Å². The molecule has 0 aliphatic rings. The van der Waals surface area contributed by atoms with Gasteiger partial charge in [0.1, 0.15) is 11.4 Å². The first-order valence-electron chi connectivity index (χ1n) is 22.3. The van der Waals surface area contributed by atoms with Gasteiger partial charge in [0.2, 0.25) is 0 Å². The third-order valence-corrected chi connectivity index (χ3v) is 12.0. The molecule has 0 saturated heterocycles. The molecular weight excluding hydrogens is 1030 g/mol. The first-order valence-corrected chi connectivity index (χ1v) is 22.3. The number of furan rings is 1. The number of fused-ring (bicyclic) bond motifs is 4. The largest absolute Gasteiger partial charge is 0.501 e. The van der Waals surface area contributed by atoms with Gasteiger partial charge in [-0.3, -0.25) is 14.2 Å². The summed E-state index contributed by atoms with van der Waals surface area (Å²) in [5.74, 6) is -0.839. The number of imidazole rings is 1. The molecule has 0 amide bonds. The Bertz CT molecular complexity index is 3440. The Kier molecular flexibility index (Phi) is 13.4.